The monoisotopic (exact) mass is 336 g/mol. The van der Waals surface area contributed by atoms with Gasteiger partial charge in [0.25, 0.3) is 10.0 Å². The highest BCUT2D eigenvalue weighted by Crippen LogP contribution is 2.26. The maximum absolute atomic E-state index is 13.8. The fourth-order valence-corrected chi connectivity index (χ4v) is 3.48. The normalized spacial score (nSPS) is 11.5. The average Bonchev–Trinajstić information content (AvgIpc) is 2.50. The molecule has 0 aliphatic carbocycles. The summed E-state index contributed by atoms with van der Waals surface area (Å²) < 4.78 is 40.9. The van der Waals surface area contributed by atoms with Crippen LogP contribution in [0, 0.1) is 5.82 Å². The van der Waals surface area contributed by atoms with Crippen molar-refractivity contribution in [3.8, 4) is 0 Å². The minimum absolute atomic E-state index is 0.137. The number of nitrogens with zero attached hydrogens (tertiary/aromatic N) is 1. The summed E-state index contributed by atoms with van der Waals surface area (Å²) in [6.45, 7) is 0. The van der Waals surface area contributed by atoms with Crippen molar-refractivity contribution in [1.29, 1.82) is 0 Å². The quantitative estimate of drug-likeness (QED) is 0.790. The molecule has 0 aliphatic rings. The Morgan fingerprint density at radius 1 is 1.09 bits per heavy atom. The van der Waals surface area contributed by atoms with Crippen LogP contribution < -0.4 is 4.72 Å². The molecule has 0 unspecified atom stereocenters. The van der Waals surface area contributed by atoms with E-state index < -0.39 is 20.7 Å². The van der Waals surface area contributed by atoms with E-state index in [4.69, 9.17) is 11.6 Å². The Morgan fingerprint density at radius 2 is 1.86 bits per heavy atom. The Hall–Kier alpha value is -2.18. The molecule has 0 amide bonds. The van der Waals surface area contributed by atoms with Gasteiger partial charge in [-0.25, -0.2) is 12.8 Å². The number of hydrogen-bond donors (Lipinski definition) is 1. The highest BCUT2D eigenvalue weighted by molar-refractivity contribution is 7.92. The van der Waals surface area contributed by atoms with Gasteiger partial charge in [-0.3, -0.25) is 9.71 Å². The van der Waals surface area contributed by atoms with Crippen LogP contribution in [0.5, 0.6) is 0 Å². The van der Waals surface area contributed by atoms with Crippen LogP contribution in [0.4, 0.5) is 10.1 Å². The molecule has 0 aliphatic heterocycles. The van der Waals surface area contributed by atoms with Gasteiger partial charge in [0.1, 0.15) is 10.7 Å². The Bertz CT molecular complexity index is 955. The molecule has 0 saturated carbocycles. The number of aromatic nitrogens is 1. The highest BCUT2D eigenvalue weighted by atomic mass is 35.5. The lowest BCUT2D eigenvalue weighted by Crippen LogP contribution is -2.15. The van der Waals surface area contributed by atoms with Crippen LogP contribution in [-0.4, -0.2) is 13.4 Å². The van der Waals surface area contributed by atoms with Crippen molar-refractivity contribution in [3.63, 3.8) is 0 Å². The molecule has 4 nitrogen and oxygen atoms in total. The van der Waals surface area contributed by atoms with E-state index in [0.29, 0.717) is 5.52 Å². The van der Waals surface area contributed by atoms with Gasteiger partial charge in [0.05, 0.1) is 11.2 Å². The second kappa shape index (κ2) is 5.55. The first kappa shape index (κ1) is 14.7. The van der Waals surface area contributed by atoms with E-state index in [1.54, 1.807) is 36.5 Å². The Labute approximate surface area is 131 Å². The van der Waals surface area contributed by atoms with Crippen molar-refractivity contribution in [2.24, 2.45) is 0 Å². The predicted octanol–water partition coefficient (Wildman–Crippen LogP) is 3.83. The van der Waals surface area contributed by atoms with Crippen molar-refractivity contribution in [1.82, 2.24) is 4.98 Å². The van der Waals surface area contributed by atoms with Crippen molar-refractivity contribution in [2.45, 2.75) is 4.90 Å². The van der Waals surface area contributed by atoms with Gasteiger partial charge in [-0.2, -0.15) is 0 Å². The highest BCUT2D eigenvalue weighted by Gasteiger charge is 2.20. The number of fused-ring (bicyclic) bond motifs is 1. The topological polar surface area (TPSA) is 59.1 Å². The summed E-state index contributed by atoms with van der Waals surface area (Å²) in [5, 5.41) is 0.909. The molecule has 0 saturated heterocycles. The molecule has 2 aromatic carbocycles. The first-order chi connectivity index (χ1) is 10.5. The molecule has 1 aromatic heterocycles. The minimum Gasteiger partial charge on any atom is -0.277 e. The number of rotatable bonds is 3. The van der Waals surface area contributed by atoms with Crippen molar-refractivity contribution in [2.75, 3.05) is 4.72 Å². The number of benzene rings is 2. The maximum atomic E-state index is 13.8. The Morgan fingerprint density at radius 3 is 2.68 bits per heavy atom. The van der Waals surface area contributed by atoms with Crippen molar-refractivity contribution >= 4 is 38.2 Å². The standard InChI is InChI=1S/C15H10ClFN2O2S/c16-11-6-7-12(17)14(9-11)22(20,21)19-13-5-1-3-10-4-2-8-18-15(10)13/h1-9,19H. The average molecular weight is 337 g/mol. The number of pyridine rings is 1. The predicted molar refractivity (Wildman–Crippen MR) is 84.0 cm³/mol. The lowest BCUT2D eigenvalue weighted by molar-refractivity contribution is 0.570. The summed E-state index contributed by atoms with van der Waals surface area (Å²) in [6, 6.07) is 12.0. The molecule has 0 radical (unpaired) electrons. The number of sulfonamides is 1. The van der Waals surface area contributed by atoms with E-state index in [-0.39, 0.29) is 10.7 Å². The fraction of sp³-hybridized carbons (Fsp3) is 0. The molecule has 0 atom stereocenters. The maximum Gasteiger partial charge on any atom is 0.264 e. The van der Waals surface area contributed by atoms with Crippen LogP contribution in [-0.2, 0) is 10.0 Å². The summed E-state index contributed by atoms with van der Waals surface area (Å²) in [4.78, 5) is 3.65. The Kier molecular flexibility index (Phi) is 3.72. The smallest absolute Gasteiger partial charge is 0.264 e. The third kappa shape index (κ3) is 2.75. The third-order valence-electron chi connectivity index (χ3n) is 3.06. The first-order valence-corrected chi connectivity index (χ1v) is 8.15. The fourth-order valence-electron chi connectivity index (χ4n) is 2.07. The van der Waals surface area contributed by atoms with E-state index >= 15 is 0 Å². The Balaban J connectivity index is 2.09. The molecular weight excluding hydrogens is 327 g/mol. The number of hydrogen-bond acceptors (Lipinski definition) is 3. The SMILES string of the molecule is O=S(=O)(Nc1cccc2cccnc12)c1cc(Cl)ccc1F. The molecule has 0 fully saturated rings. The van der Waals surface area contributed by atoms with Gasteiger partial charge in [-0.15, -0.1) is 0 Å². The van der Waals surface area contributed by atoms with Gasteiger partial charge >= 0.3 is 0 Å². The minimum atomic E-state index is -4.11. The van der Waals surface area contributed by atoms with Gasteiger partial charge in [0.2, 0.25) is 0 Å². The van der Waals surface area contributed by atoms with Crippen molar-refractivity contribution < 1.29 is 12.8 Å². The molecule has 3 aromatic rings. The van der Waals surface area contributed by atoms with Crippen LogP contribution in [0.2, 0.25) is 5.02 Å². The largest absolute Gasteiger partial charge is 0.277 e. The van der Waals surface area contributed by atoms with Gasteiger partial charge in [-0.05, 0) is 30.3 Å². The van der Waals surface area contributed by atoms with E-state index in [1.165, 1.54) is 6.07 Å². The number of anilines is 1. The number of halogens is 2. The summed E-state index contributed by atoms with van der Waals surface area (Å²) in [5.41, 5.74) is 0.758. The lowest BCUT2D eigenvalue weighted by Gasteiger charge is -2.11. The summed E-state index contributed by atoms with van der Waals surface area (Å²) in [5.74, 6) is -0.870. The molecule has 3 rings (SSSR count). The summed E-state index contributed by atoms with van der Waals surface area (Å²) in [7, 11) is -4.11. The van der Waals surface area contributed by atoms with Gasteiger partial charge in [-0.1, -0.05) is 29.8 Å². The first-order valence-electron chi connectivity index (χ1n) is 6.29. The van der Waals surface area contributed by atoms with Crippen LogP contribution in [0.1, 0.15) is 0 Å². The molecule has 1 N–H and O–H groups in total. The van der Waals surface area contributed by atoms with Crippen LogP contribution in [0.25, 0.3) is 10.9 Å². The van der Waals surface area contributed by atoms with E-state index in [1.807, 2.05) is 0 Å². The molecule has 1 heterocycles. The van der Waals surface area contributed by atoms with Gasteiger partial charge in [0, 0.05) is 16.6 Å². The van der Waals surface area contributed by atoms with Crippen LogP contribution in [0.3, 0.4) is 0 Å². The zero-order valence-corrected chi connectivity index (χ0v) is 12.7. The lowest BCUT2D eigenvalue weighted by atomic mass is 10.2. The summed E-state index contributed by atoms with van der Waals surface area (Å²) in [6.07, 6.45) is 1.56. The second-order valence-electron chi connectivity index (χ2n) is 4.56. The molecule has 0 bridgehead atoms. The molecule has 22 heavy (non-hydrogen) atoms. The molecule has 0 spiro atoms. The number of nitrogens with one attached hydrogen (secondary N) is 1. The number of para-hydroxylation sites is 1. The summed E-state index contributed by atoms with van der Waals surface area (Å²) >= 11 is 5.75. The van der Waals surface area contributed by atoms with E-state index in [0.717, 1.165) is 17.5 Å². The van der Waals surface area contributed by atoms with E-state index in [2.05, 4.69) is 9.71 Å². The third-order valence-corrected chi connectivity index (χ3v) is 4.68. The van der Waals surface area contributed by atoms with Gasteiger partial charge in [0.15, 0.2) is 0 Å². The zero-order chi connectivity index (χ0) is 15.7. The van der Waals surface area contributed by atoms with Crippen molar-refractivity contribution in [3.05, 3.63) is 65.6 Å². The second-order valence-corrected chi connectivity index (χ2v) is 6.65. The van der Waals surface area contributed by atoms with Crippen LogP contribution in [0.15, 0.2) is 59.6 Å². The molecule has 112 valence electrons. The molecule has 7 heteroatoms. The zero-order valence-electron chi connectivity index (χ0n) is 11.1. The van der Waals surface area contributed by atoms with Gasteiger partial charge < -0.3 is 0 Å². The van der Waals surface area contributed by atoms with Crippen LogP contribution >= 0.6 is 11.6 Å². The van der Waals surface area contributed by atoms with E-state index in [9.17, 15) is 12.8 Å². The molecular formula is C15H10ClFN2O2S.